The van der Waals surface area contributed by atoms with E-state index < -0.39 is 11.9 Å². The Morgan fingerprint density at radius 2 is 1.55 bits per heavy atom. The van der Waals surface area contributed by atoms with E-state index in [1.165, 1.54) is 24.3 Å². The number of benzene rings is 2. The highest BCUT2D eigenvalue weighted by molar-refractivity contribution is 5.96. The van der Waals surface area contributed by atoms with Gasteiger partial charge in [0.1, 0.15) is 12.3 Å². The predicted octanol–water partition coefficient (Wildman–Crippen LogP) is 1.12. The number of rotatable bonds is 5. The second-order valence-electron chi connectivity index (χ2n) is 4.41. The summed E-state index contributed by atoms with van der Waals surface area (Å²) in [6.45, 7) is -0.259. The number of hydrogen-bond acceptors (Lipinski definition) is 4. The van der Waals surface area contributed by atoms with Gasteiger partial charge in [-0.05, 0) is 36.4 Å². The number of primary amides is 1. The molecule has 0 bridgehead atoms. The number of esters is 1. The highest BCUT2D eigenvalue weighted by Crippen LogP contribution is 2.11. The van der Waals surface area contributed by atoms with Crippen LogP contribution >= 0.6 is 0 Å². The molecule has 0 aliphatic carbocycles. The van der Waals surface area contributed by atoms with E-state index >= 15 is 0 Å². The molecule has 0 atom stereocenters. The van der Waals surface area contributed by atoms with Crippen LogP contribution in [0.5, 0.6) is 5.75 Å². The van der Waals surface area contributed by atoms with Crippen LogP contribution in [-0.2, 0) is 4.79 Å². The molecule has 0 aliphatic rings. The number of carbonyl (C=O) groups excluding carboxylic acids is 3. The van der Waals surface area contributed by atoms with Crippen molar-refractivity contribution in [3.8, 4) is 5.75 Å². The summed E-state index contributed by atoms with van der Waals surface area (Å²) < 4.78 is 5.03. The van der Waals surface area contributed by atoms with Crippen molar-refractivity contribution in [2.75, 3.05) is 6.54 Å². The van der Waals surface area contributed by atoms with Gasteiger partial charge in [-0.2, -0.15) is 0 Å². The zero-order valence-corrected chi connectivity index (χ0v) is 11.6. The first-order valence-electron chi connectivity index (χ1n) is 6.50. The molecule has 2 aromatic rings. The standard InChI is InChI=1S/C16H14N2O4/c17-15(20)11-6-8-13(9-7-11)22-14(19)10-18-16(21)12-4-2-1-3-5-12/h1-9H,10H2,(H2,17,20)(H,18,21). The molecule has 0 saturated carbocycles. The van der Waals surface area contributed by atoms with E-state index in [-0.39, 0.29) is 18.2 Å². The maximum Gasteiger partial charge on any atom is 0.330 e. The minimum atomic E-state index is -0.615. The topological polar surface area (TPSA) is 98.5 Å². The van der Waals surface area contributed by atoms with E-state index in [0.29, 0.717) is 11.1 Å². The second kappa shape index (κ2) is 7.03. The van der Waals surface area contributed by atoms with Crippen LogP contribution < -0.4 is 15.8 Å². The lowest BCUT2D eigenvalue weighted by atomic mass is 10.2. The summed E-state index contributed by atoms with van der Waals surface area (Å²) in [5, 5.41) is 2.46. The maximum absolute atomic E-state index is 11.8. The van der Waals surface area contributed by atoms with Gasteiger partial charge >= 0.3 is 5.97 Å². The number of nitrogens with two attached hydrogens (primary N) is 1. The van der Waals surface area contributed by atoms with Crippen LogP contribution in [0, 0.1) is 0 Å². The Morgan fingerprint density at radius 1 is 0.909 bits per heavy atom. The van der Waals surface area contributed by atoms with Crippen molar-refractivity contribution in [3.05, 3.63) is 65.7 Å². The molecule has 0 unspecified atom stereocenters. The molecular formula is C16H14N2O4. The summed E-state index contributed by atoms with van der Waals surface area (Å²) in [5.74, 6) is -1.27. The number of ether oxygens (including phenoxy) is 1. The lowest BCUT2D eigenvalue weighted by Gasteiger charge is -2.06. The van der Waals surface area contributed by atoms with Crippen LogP contribution in [-0.4, -0.2) is 24.3 Å². The third-order valence-electron chi connectivity index (χ3n) is 2.80. The van der Waals surface area contributed by atoms with E-state index in [2.05, 4.69) is 5.32 Å². The van der Waals surface area contributed by atoms with E-state index in [9.17, 15) is 14.4 Å². The lowest BCUT2D eigenvalue weighted by molar-refractivity contribution is -0.133. The Hall–Kier alpha value is -3.15. The lowest BCUT2D eigenvalue weighted by Crippen LogP contribution is -2.31. The fraction of sp³-hybridized carbons (Fsp3) is 0.0625. The van der Waals surface area contributed by atoms with Gasteiger partial charge in [-0.3, -0.25) is 9.59 Å². The third-order valence-corrected chi connectivity index (χ3v) is 2.80. The van der Waals surface area contributed by atoms with Gasteiger partial charge in [0, 0.05) is 11.1 Å². The summed E-state index contributed by atoms with van der Waals surface area (Å²) in [6, 6.07) is 14.4. The molecule has 0 aromatic heterocycles. The van der Waals surface area contributed by atoms with Crippen molar-refractivity contribution in [2.45, 2.75) is 0 Å². The van der Waals surface area contributed by atoms with Gasteiger partial charge < -0.3 is 15.8 Å². The van der Waals surface area contributed by atoms with Crippen molar-refractivity contribution in [2.24, 2.45) is 5.73 Å². The molecule has 22 heavy (non-hydrogen) atoms. The van der Waals surface area contributed by atoms with Crippen molar-refractivity contribution in [1.82, 2.24) is 5.32 Å². The maximum atomic E-state index is 11.8. The third kappa shape index (κ3) is 4.17. The Bertz CT molecular complexity index is 681. The SMILES string of the molecule is NC(=O)c1ccc(OC(=O)CNC(=O)c2ccccc2)cc1. The first kappa shape index (κ1) is 15.2. The monoisotopic (exact) mass is 298 g/mol. The predicted molar refractivity (Wildman–Crippen MR) is 79.4 cm³/mol. The zero-order chi connectivity index (χ0) is 15.9. The van der Waals surface area contributed by atoms with Crippen molar-refractivity contribution >= 4 is 17.8 Å². The molecule has 2 aromatic carbocycles. The number of nitrogens with one attached hydrogen (secondary N) is 1. The average molecular weight is 298 g/mol. The highest BCUT2D eigenvalue weighted by atomic mass is 16.5. The van der Waals surface area contributed by atoms with Gasteiger partial charge in [-0.25, -0.2) is 4.79 Å². The molecule has 0 heterocycles. The molecule has 112 valence electrons. The largest absolute Gasteiger partial charge is 0.425 e. The molecule has 0 radical (unpaired) electrons. The van der Waals surface area contributed by atoms with Crippen molar-refractivity contribution < 1.29 is 19.1 Å². The Labute approximate surface area is 126 Å². The minimum Gasteiger partial charge on any atom is -0.425 e. The van der Waals surface area contributed by atoms with Crippen molar-refractivity contribution in [1.29, 1.82) is 0 Å². The normalized spacial score (nSPS) is 9.82. The Morgan fingerprint density at radius 3 is 2.14 bits per heavy atom. The first-order chi connectivity index (χ1) is 10.6. The van der Waals surface area contributed by atoms with Crippen LogP contribution in [0.25, 0.3) is 0 Å². The van der Waals surface area contributed by atoms with Crippen LogP contribution in [0.2, 0.25) is 0 Å². The molecule has 3 N–H and O–H groups in total. The van der Waals surface area contributed by atoms with Crippen LogP contribution in [0.15, 0.2) is 54.6 Å². The number of hydrogen-bond donors (Lipinski definition) is 2. The summed E-state index contributed by atoms with van der Waals surface area (Å²) in [4.78, 5) is 34.3. The van der Waals surface area contributed by atoms with Gasteiger partial charge in [-0.1, -0.05) is 18.2 Å². The molecule has 0 aliphatic heterocycles. The molecule has 0 saturated heterocycles. The zero-order valence-electron chi connectivity index (χ0n) is 11.6. The molecular weight excluding hydrogens is 284 g/mol. The van der Waals surface area contributed by atoms with Crippen LogP contribution in [0.3, 0.4) is 0 Å². The summed E-state index contributed by atoms with van der Waals surface area (Å²) >= 11 is 0. The molecule has 6 heteroatoms. The minimum absolute atomic E-state index is 0.259. The molecule has 6 nitrogen and oxygen atoms in total. The quantitative estimate of drug-likeness (QED) is 0.638. The van der Waals surface area contributed by atoms with E-state index in [1.807, 2.05) is 0 Å². The number of amides is 2. The van der Waals surface area contributed by atoms with E-state index in [1.54, 1.807) is 30.3 Å². The summed E-state index contributed by atoms with van der Waals surface area (Å²) in [7, 11) is 0. The smallest absolute Gasteiger partial charge is 0.330 e. The Kier molecular flexibility index (Phi) is 4.87. The summed E-state index contributed by atoms with van der Waals surface area (Å²) in [5.41, 5.74) is 5.88. The summed E-state index contributed by atoms with van der Waals surface area (Å²) in [6.07, 6.45) is 0. The van der Waals surface area contributed by atoms with Gasteiger partial charge in [0.15, 0.2) is 0 Å². The molecule has 2 rings (SSSR count). The van der Waals surface area contributed by atoms with E-state index in [4.69, 9.17) is 10.5 Å². The molecule has 2 amide bonds. The van der Waals surface area contributed by atoms with Crippen LogP contribution in [0.1, 0.15) is 20.7 Å². The van der Waals surface area contributed by atoms with E-state index in [0.717, 1.165) is 0 Å². The van der Waals surface area contributed by atoms with Crippen molar-refractivity contribution in [3.63, 3.8) is 0 Å². The highest BCUT2D eigenvalue weighted by Gasteiger charge is 2.09. The van der Waals surface area contributed by atoms with Crippen LogP contribution in [0.4, 0.5) is 0 Å². The Balaban J connectivity index is 1.85. The van der Waals surface area contributed by atoms with Gasteiger partial charge in [0.05, 0.1) is 0 Å². The van der Waals surface area contributed by atoms with Gasteiger partial charge in [0.25, 0.3) is 5.91 Å². The first-order valence-corrected chi connectivity index (χ1v) is 6.50. The van der Waals surface area contributed by atoms with Gasteiger partial charge in [-0.15, -0.1) is 0 Å². The van der Waals surface area contributed by atoms with Gasteiger partial charge in [0.2, 0.25) is 5.91 Å². The fourth-order valence-electron chi connectivity index (χ4n) is 1.70. The average Bonchev–Trinajstić information content (AvgIpc) is 2.54. The molecule has 0 spiro atoms. The number of carbonyl (C=O) groups is 3. The molecule has 0 fully saturated rings. The second-order valence-corrected chi connectivity index (χ2v) is 4.41. The fourth-order valence-corrected chi connectivity index (χ4v) is 1.70.